The van der Waals surface area contributed by atoms with Crippen molar-refractivity contribution in [3.8, 4) is 0 Å². The van der Waals surface area contributed by atoms with Gasteiger partial charge in [-0.1, -0.05) is 13.8 Å². The van der Waals surface area contributed by atoms with Crippen LogP contribution in [0.3, 0.4) is 0 Å². The summed E-state index contributed by atoms with van der Waals surface area (Å²) in [5.74, 6) is -0.0758. The predicted octanol–water partition coefficient (Wildman–Crippen LogP) is 1.74. The van der Waals surface area contributed by atoms with Crippen molar-refractivity contribution < 1.29 is 9.53 Å². The third kappa shape index (κ3) is 2.01. The van der Waals surface area contributed by atoms with Crippen molar-refractivity contribution in [1.29, 1.82) is 0 Å². The van der Waals surface area contributed by atoms with Gasteiger partial charge < -0.3 is 4.74 Å². The van der Waals surface area contributed by atoms with Gasteiger partial charge in [0.25, 0.3) is 0 Å². The standard InChI is InChI=1S/C8H14O2/c1-3-7(9)10-6-8(2)4-5-8/h3-6H2,1-2H3. The van der Waals surface area contributed by atoms with E-state index in [1.807, 2.05) is 6.92 Å². The monoisotopic (exact) mass is 142 g/mol. The van der Waals surface area contributed by atoms with E-state index in [0.717, 1.165) is 0 Å². The molecule has 0 atom stereocenters. The predicted molar refractivity (Wildman–Crippen MR) is 38.6 cm³/mol. The molecule has 10 heavy (non-hydrogen) atoms. The molecule has 2 heteroatoms. The average Bonchev–Trinajstić information content (AvgIpc) is 2.64. The number of ether oxygens (including phenoxy) is 1. The van der Waals surface area contributed by atoms with Gasteiger partial charge in [0.15, 0.2) is 0 Å². The number of esters is 1. The lowest BCUT2D eigenvalue weighted by Crippen LogP contribution is -2.11. The van der Waals surface area contributed by atoms with Gasteiger partial charge in [-0.2, -0.15) is 0 Å². The summed E-state index contributed by atoms with van der Waals surface area (Å²) in [6.45, 7) is 4.59. The van der Waals surface area contributed by atoms with E-state index in [1.54, 1.807) is 0 Å². The number of hydrogen-bond acceptors (Lipinski definition) is 2. The van der Waals surface area contributed by atoms with Gasteiger partial charge in [0.05, 0.1) is 6.61 Å². The first-order valence-electron chi connectivity index (χ1n) is 3.82. The van der Waals surface area contributed by atoms with Gasteiger partial charge in [-0.05, 0) is 12.8 Å². The summed E-state index contributed by atoms with van der Waals surface area (Å²) in [4.78, 5) is 10.7. The summed E-state index contributed by atoms with van der Waals surface area (Å²) in [5.41, 5.74) is 0.338. The topological polar surface area (TPSA) is 26.3 Å². The van der Waals surface area contributed by atoms with E-state index in [4.69, 9.17) is 4.74 Å². The van der Waals surface area contributed by atoms with Crippen LogP contribution in [-0.4, -0.2) is 12.6 Å². The van der Waals surface area contributed by atoms with Gasteiger partial charge in [0.2, 0.25) is 0 Å². The van der Waals surface area contributed by atoms with E-state index in [9.17, 15) is 4.79 Å². The van der Waals surface area contributed by atoms with E-state index in [-0.39, 0.29) is 5.97 Å². The highest BCUT2D eigenvalue weighted by Crippen LogP contribution is 2.44. The largest absolute Gasteiger partial charge is 0.465 e. The molecule has 1 fully saturated rings. The first kappa shape index (κ1) is 7.58. The summed E-state index contributed by atoms with van der Waals surface area (Å²) < 4.78 is 4.98. The lowest BCUT2D eigenvalue weighted by atomic mass is 10.2. The van der Waals surface area contributed by atoms with Crippen LogP contribution in [-0.2, 0) is 9.53 Å². The van der Waals surface area contributed by atoms with E-state index in [1.165, 1.54) is 12.8 Å². The molecule has 0 aromatic carbocycles. The summed E-state index contributed by atoms with van der Waals surface area (Å²) in [5, 5.41) is 0. The highest BCUT2D eigenvalue weighted by molar-refractivity contribution is 5.68. The van der Waals surface area contributed by atoms with E-state index in [2.05, 4.69) is 6.92 Å². The summed E-state index contributed by atoms with van der Waals surface area (Å²) in [6, 6.07) is 0. The van der Waals surface area contributed by atoms with Gasteiger partial charge in [-0.3, -0.25) is 4.79 Å². The SMILES string of the molecule is CCC(=O)OCC1(C)CC1. The molecule has 0 aromatic heterocycles. The summed E-state index contributed by atoms with van der Waals surface area (Å²) in [6.07, 6.45) is 2.92. The Morgan fingerprint density at radius 1 is 1.60 bits per heavy atom. The highest BCUT2D eigenvalue weighted by Gasteiger charge is 2.38. The number of carbonyl (C=O) groups is 1. The van der Waals surface area contributed by atoms with Crippen LogP contribution in [0.4, 0.5) is 0 Å². The molecular formula is C8H14O2. The molecule has 0 amide bonds. The zero-order valence-corrected chi connectivity index (χ0v) is 6.64. The lowest BCUT2D eigenvalue weighted by Gasteiger charge is -2.07. The zero-order valence-electron chi connectivity index (χ0n) is 6.64. The minimum absolute atomic E-state index is 0.0758. The van der Waals surface area contributed by atoms with Crippen LogP contribution in [0, 0.1) is 5.41 Å². The Balaban J connectivity index is 2.10. The zero-order chi connectivity index (χ0) is 7.61. The molecule has 1 aliphatic carbocycles. The number of rotatable bonds is 3. The quantitative estimate of drug-likeness (QED) is 0.561. The summed E-state index contributed by atoms with van der Waals surface area (Å²) in [7, 11) is 0. The smallest absolute Gasteiger partial charge is 0.305 e. The van der Waals surface area contributed by atoms with Crippen molar-refractivity contribution in [2.75, 3.05) is 6.61 Å². The lowest BCUT2D eigenvalue weighted by molar-refractivity contribution is -0.144. The molecular weight excluding hydrogens is 128 g/mol. The van der Waals surface area contributed by atoms with Gasteiger partial charge in [-0.25, -0.2) is 0 Å². The minimum Gasteiger partial charge on any atom is -0.465 e. The van der Waals surface area contributed by atoms with Crippen LogP contribution < -0.4 is 0 Å². The molecule has 0 N–H and O–H groups in total. The molecule has 2 nitrogen and oxygen atoms in total. The molecule has 0 aromatic rings. The maximum atomic E-state index is 10.7. The molecule has 0 unspecified atom stereocenters. The Labute approximate surface area is 61.6 Å². The van der Waals surface area contributed by atoms with Crippen LogP contribution in [0.25, 0.3) is 0 Å². The van der Waals surface area contributed by atoms with E-state index >= 15 is 0 Å². The maximum Gasteiger partial charge on any atom is 0.305 e. The molecule has 1 aliphatic rings. The van der Waals surface area contributed by atoms with Crippen molar-refractivity contribution in [2.24, 2.45) is 5.41 Å². The minimum atomic E-state index is -0.0758. The molecule has 0 saturated heterocycles. The second-order valence-corrected chi connectivity index (χ2v) is 3.32. The average molecular weight is 142 g/mol. The Morgan fingerprint density at radius 2 is 2.20 bits per heavy atom. The van der Waals surface area contributed by atoms with Crippen molar-refractivity contribution in [3.63, 3.8) is 0 Å². The molecule has 0 bridgehead atoms. The first-order chi connectivity index (χ1) is 4.66. The molecule has 0 spiro atoms. The second-order valence-electron chi connectivity index (χ2n) is 3.32. The molecule has 1 saturated carbocycles. The molecule has 58 valence electrons. The van der Waals surface area contributed by atoms with Crippen molar-refractivity contribution in [2.45, 2.75) is 33.1 Å². The van der Waals surface area contributed by atoms with Crippen LogP contribution in [0.5, 0.6) is 0 Å². The second kappa shape index (κ2) is 2.60. The van der Waals surface area contributed by atoms with Crippen LogP contribution in [0.15, 0.2) is 0 Å². The van der Waals surface area contributed by atoms with Crippen LogP contribution >= 0.6 is 0 Å². The first-order valence-corrected chi connectivity index (χ1v) is 3.82. The molecule has 1 rings (SSSR count). The van der Waals surface area contributed by atoms with Crippen LogP contribution in [0.2, 0.25) is 0 Å². The highest BCUT2D eigenvalue weighted by atomic mass is 16.5. The Hall–Kier alpha value is -0.530. The fraction of sp³-hybridized carbons (Fsp3) is 0.875. The van der Waals surface area contributed by atoms with Crippen molar-refractivity contribution in [3.05, 3.63) is 0 Å². The van der Waals surface area contributed by atoms with Gasteiger partial charge in [-0.15, -0.1) is 0 Å². The fourth-order valence-corrected chi connectivity index (χ4v) is 0.715. The van der Waals surface area contributed by atoms with Crippen LogP contribution in [0.1, 0.15) is 33.1 Å². The Bertz CT molecular complexity index is 136. The Kier molecular flexibility index (Phi) is 1.97. The van der Waals surface area contributed by atoms with Crippen molar-refractivity contribution >= 4 is 5.97 Å². The number of carbonyl (C=O) groups excluding carboxylic acids is 1. The Morgan fingerprint density at radius 3 is 2.60 bits per heavy atom. The van der Waals surface area contributed by atoms with E-state index in [0.29, 0.717) is 18.4 Å². The maximum absolute atomic E-state index is 10.7. The number of hydrogen-bond donors (Lipinski definition) is 0. The normalized spacial score (nSPS) is 20.2. The molecule has 0 heterocycles. The van der Waals surface area contributed by atoms with E-state index < -0.39 is 0 Å². The summed E-state index contributed by atoms with van der Waals surface area (Å²) >= 11 is 0. The van der Waals surface area contributed by atoms with Gasteiger partial charge in [0, 0.05) is 11.8 Å². The molecule has 0 aliphatic heterocycles. The third-order valence-electron chi connectivity index (χ3n) is 1.97. The van der Waals surface area contributed by atoms with Gasteiger partial charge >= 0.3 is 5.97 Å². The third-order valence-corrected chi connectivity index (χ3v) is 1.97. The van der Waals surface area contributed by atoms with Gasteiger partial charge in [0.1, 0.15) is 0 Å². The fourth-order valence-electron chi connectivity index (χ4n) is 0.715. The molecule has 0 radical (unpaired) electrons. The van der Waals surface area contributed by atoms with Crippen molar-refractivity contribution in [1.82, 2.24) is 0 Å².